The van der Waals surface area contributed by atoms with Crippen molar-refractivity contribution in [1.82, 2.24) is 15.1 Å². The highest BCUT2D eigenvalue weighted by molar-refractivity contribution is 5.80. The first-order valence-electron chi connectivity index (χ1n) is 11.1. The lowest BCUT2D eigenvalue weighted by atomic mass is 10.0. The first-order valence-corrected chi connectivity index (χ1v) is 11.1. The second-order valence-electron chi connectivity index (χ2n) is 7.96. The van der Waals surface area contributed by atoms with Gasteiger partial charge in [0.2, 0.25) is 0 Å². The molecule has 0 amide bonds. The highest BCUT2D eigenvalue weighted by Crippen LogP contribution is 2.22. The maximum atomic E-state index is 13.9. The monoisotopic (exact) mass is 425 g/mol. The number of morpholine rings is 1. The molecule has 6 nitrogen and oxygen atoms in total. The molecule has 2 saturated heterocycles. The molecule has 2 aromatic carbocycles. The van der Waals surface area contributed by atoms with Crippen LogP contribution >= 0.6 is 0 Å². The number of anilines is 1. The summed E-state index contributed by atoms with van der Waals surface area (Å²) < 4.78 is 19.5. The minimum atomic E-state index is -0.197. The summed E-state index contributed by atoms with van der Waals surface area (Å²) in [5.41, 5.74) is 2.25. The molecule has 0 spiro atoms. The van der Waals surface area contributed by atoms with Crippen molar-refractivity contribution in [2.24, 2.45) is 4.99 Å². The summed E-state index contributed by atoms with van der Waals surface area (Å²) in [7, 11) is 1.83. The van der Waals surface area contributed by atoms with E-state index in [1.54, 1.807) is 12.1 Å². The fourth-order valence-corrected chi connectivity index (χ4v) is 4.40. The smallest absolute Gasteiger partial charge is 0.193 e. The predicted octanol–water partition coefficient (Wildman–Crippen LogP) is 2.60. The standard InChI is InChI=1S/C24H32FN5O/c1-26-24(30-12-10-28(11-13-30)22-8-3-2-4-9-22)27-19-23(29-14-16-31-17-15-29)20-6-5-7-21(25)18-20/h2-9,18,23H,10-17,19H2,1H3,(H,26,27). The summed E-state index contributed by atoms with van der Waals surface area (Å²) in [5, 5.41) is 3.56. The van der Waals surface area contributed by atoms with Crippen LogP contribution in [-0.4, -0.2) is 81.8 Å². The van der Waals surface area contributed by atoms with Crippen LogP contribution in [0.1, 0.15) is 11.6 Å². The van der Waals surface area contributed by atoms with Crippen LogP contribution < -0.4 is 10.2 Å². The Hall–Kier alpha value is -2.64. The van der Waals surface area contributed by atoms with Gasteiger partial charge in [-0.25, -0.2) is 4.39 Å². The van der Waals surface area contributed by atoms with E-state index in [9.17, 15) is 4.39 Å². The molecule has 0 bridgehead atoms. The van der Waals surface area contributed by atoms with E-state index in [0.29, 0.717) is 19.8 Å². The van der Waals surface area contributed by atoms with Crippen molar-refractivity contribution in [2.75, 3.05) is 71.0 Å². The summed E-state index contributed by atoms with van der Waals surface area (Å²) in [6.45, 7) is 7.53. The molecule has 1 N–H and O–H groups in total. The third-order valence-electron chi connectivity index (χ3n) is 6.09. The maximum Gasteiger partial charge on any atom is 0.193 e. The van der Waals surface area contributed by atoms with Gasteiger partial charge in [0.1, 0.15) is 5.82 Å². The van der Waals surface area contributed by atoms with Crippen molar-refractivity contribution in [3.05, 3.63) is 66.0 Å². The van der Waals surface area contributed by atoms with E-state index >= 15 is 0 Å². The number of aliphatic imine (C=N–C) groups is 1. The molecule has 166 valence electrons. The Morgan fingerprint density at radius 1 is 1.00 bits per heavy atom. The minimum Gasteiger partial charge on any atom is -0.379 e. The molecule has 2 aromatic rings. The fraction of sp³-hybridized carbons (Fsp3) is 0.458. The van der Waals surface area contributed by atoms with Crippen LogP contribution in [0.4, 0.5) is 10.1 Å². The summed E-state index contributed by atoms with van der Waals surface area (Å²) in [4.78, 5) is 11.6. The van der Waals surface area contributed by atoms with Gasteiger partial charge in [-0.1, -0.05) is 30.3 Å². The average molecular weight is 426 g/mol. The Bertz CT molecular complexity index is 848. The second-order valence-corrected chi connectivity index (χ2v) is 7.96. The van der Waals surface area contributed by atoms with E-state index in [1.807, 2.05) is 13.1 Å². The Morgan fingerprint density at radius 3 is 2.42 bits per heavy atom. The lowest BCUT2D eigenvalue weighted by Crippen LogP contribution is -2.54. The SMILES string of the molecule is CN=C(NCC(c1cccc(F)c1)N1CCOCC1)N1CCN(c2ccccc2)CC1. The largest absolute Gasteiger partial charge is 0.379 e. The lowest BCUT2D eigenvalue weighted by molar-refractivity contribution is 0.0168. The lowest BCUT2D eigenvalue weighted by Gasteiger charge is -2.39. The Labute approximate surface area is 184 Å². The average Bonchev–Trinajstić information content (AvgIpc) is 2.83. The zero-order chi connectivity index (χ0) is 21.5. The highest BCUT2D eigenvalue weighted by atomic mass is 19.1. The van der Waals surface area contributed by atoms with Crippen LogP contribution in [0.2, 0.25) is 0 Å². The summed E-state index contributed by atoms with van der Waals surface area (Å²) in [6, 6.07) is 17.5. The molecule has 0 radical (unpaired) electrons. The fourth-order valence-electron chi connectivity index (χ4n) is 4.40. The number of para-hydroxylation sites is 1. The zero-order valence-corrected chi connectivity index (χ0v) is 18.2. The number of nitrogens with zero attached hydrogens (tertiary/aromatic N) is 4. The molecule has 7 heteroatoms. The Morgan fingerprint density at radius 2 is 1.74 bits per heavy atom. The third kappa shape index (κ3) is 5.54. The molecule has 0 aromatic heterocycles. The topological polar surface area (TPSA) is 43.3 Å². The van der Waals surface area contributed by atoms with Crippen molar-refractivity contribution in [3.63, 3.8) is 0 Å². The van der Waals surface area contributed by atoms with E-state index in [4.69, 9.17) is 4.74 Å². The van der Waals surface area contributed by atoms with E-state index in [0.717, 1.165) is 50.8 Å². The molecule has 2 fully saturated rings. The quantitative estimate of drug-likeness (QED) is 0.589. The van der Waals surface area contributed by atoms with Crippen LogP contribution in [0, 0.1) is 5.82 Å². The molecule has 1 atom stereocenters. The van der Waals surface area contributed by atoms with Crippen LogP contribution in [0.3, 0.4) is 0 Å². The van der Waals surface area contributed by atoms with E-state index in [1.165, 1.54) is 11.8 Å². The zero-order valence-electron chi connectivity index (χ0n) is 18.2. The second kappa shape index (κ2) is 10.6. The van der Waals surface area contributed by atoms with Gasteiger partial charge < -0.3 is 19.9 Å². The van der Waals surface area contributed by atoms with Crippen LogP contribution in [0.15, 0.2) is 59.6 Å². The van der Waals surface area contributed by atoms with Gasteiger partial charge in [0.15, 0.2) is 5.96 Å². The summed E-state index contributed by atoms with van der Waals surface area (Å²) in [5.74, 6) is 0.708. The molecular formula is C24H32FN5O. The number of benzene rings is 2. The van der Waals surface area contributed by atoms with Gasteiger partial charge in [0.25, 0.3) is 0 Å². The highest BCUT2D eigenvalue weighted by Gasteiger charge is 2.25. The van der Waals surface area contributed by atoms with Gasteiger partial charge in [-0.05, 0) is 29.8 Å². The predicted molar refractivity (Wildman–Crippen MR) is 123 cm³/mol. The van der Waals surface area contributed by atoms with Gasteiger partial charge in [-0.15, -0.1) is 0 Å². The summed E-state index contributed by atoms with van der Waals surface area (Å²) in [6.07, 6.45) is 0. The molecule has 4 rings (SSSR count). The van der Waals surface area contributed by atoms with Gasteiger partial charge in [0.05, 0.1) is 19.3 Å². The molecule has 0 aliphatic carbocycles. The van der Waals surface area contributed by atoms with Crippen LogP contribution in [0.25, 0.3) is 0 Å². The van der Waals surface area contributed by atoms with Gasteiger partial charge in [-0.2, -0.15) is 0 Å². The number of hydrogen-bond donors (Lipinski definition) is 1. The number of piperazine rings is 1. The first-order chi connectivity index (χ1) is 15.2. The molecule has 0 saturated carbocycles. The third-order valence-corrected chi connectivity index (χ3v) is 6.09. The van der Waals surface area contributed by atoms with Crippen molar-refractivity contribution in [1.29, 1.82) is 0 Å². The Balaban J connectivity index is 1.39. The van der Waals surface area contributed by atoms with Crippen molar-refractivity contribution in [2.45, 2.75) is 6.04 Å². The molecule has 31 heavy (non-hydrogen) atoms. The number of hydrogen-bond acceptors (Lipinski definition) is 4. The van der Waals surface area contributed by atoms with Crippen LogP contribution in [0.5, 0.6) is 0 Å². The first kappa shape index (κ1) is 21.6. The minimum absolute atomic E-state index is 0.0713. The van der Waals surface area contributed by atoms with Gasteiger partial charge >= 0.3 is 0 Å². The van der Waals surface area contributed by atoms with Gasteiger partial charge in [-0.3, -0.25) is 9.89 Å². The van der Waals surface area contributed by atoms with Crippen LogP contribution in [-0.2, 0) is 4.74 Å². The normalized spacial score (nSPS) is 19.4. The number of nitrogens with one attached hydrogen (secondary N) is 1. The van der Waals surface area contributed by atoms with Crippen molar-refractivity contribution in [3.8, 4) is 0 Å². The number of rotatable bonds is 5. The molecule has 2 aliphatic heterocycles. The molecule has 1 unspecified atom stereocenters. The number of guanidine groups is 1. The van der Waals surface area contributed by atoms with E-state index in [2.05, 4.69) is 55.3 Å². The Kier molecular flexibility index (Phi) is 7.38. The van der Waals surface area contributed by atoms with Crippen molar-refractivity contribution >= 4 is 11.6 Å². The molecule has 2 aliphatic rings. The molecule has 2 heterocycles. The van der Waals surface area contributed by atoms with Crippen molar-refractivity contribution < 1.29 is 9.13 Å². The van der Waals surface area contributed by atoms with Gasteiger partial charge in [0, 0.05) is 58.5 Å². The number of halogens is 1. The molecular weight excluding hydrogens is 393 g/mol. The maximum absolute atomic E-state index is 13.9. The van der Waals surface area contributed by atoms with E-state index < -0.39 is 0 Å². The number of ether oxygens (including phenoxy) is 1. The summed E-state index contributed by atoms with van der Waals surface area (Å²) >= 11 is 0. The van der Waals surface area contributed by atoms with E-state index in [-0.39, 0.29) is 11.9 Å².